The summed E-state index contributed by atoms with van der Waals surface area (Å²) in [6.07, 6.45) is 1.79. The van der Waals surface area contributed by atoms with Gasteiger partial charge in [0.25, 0.3) is 5.91 Å². The molecule has 1 unspecified atom stereocenters. The SMILES string of the molecule is COCCCCN1C(=O)COc2ccc(NC(=O)C3CN(C(=O)OC(C)(C)C)CC[C@@H]3c3cccc(-c4ccccc4)c3)cc21. The Balaban J connectivity index is 1.40. The van der Waals surface area contributed by atoms with Crippen LogP contribution in [0.3, 0.4) is 0 Å². The molecular weight excluding hydrogens is 570 g/mol. The van der Waals surface area contributed by atoms with Gasteiger partial charge in [-0.05, 0) is 80.8 Å². The fourth-order valence-electron chi connectivity index (χ4n) is 5.96. The van der Waals surface area contributed by atoms with Gasteiger partial charge in [-0.3, -0.25) is 9.59 Å². The van der Waals surface area contributed by atoms with E-state index in [0.717, 1.165) is 29.5 Å². The van der Waals surface area contributed by atoms with Gasteiger partial charge in [-0.15, -0.1) is 0 Å². The summed E-state index contributed by atoms with van der Waals surface area (Å²) < 4.78 is 16.5. The molecule has 0 spiro atoms. The van der Waals surface area contributed by atoms with Crippen molar-refractivity contribution in [1.29, 1.82) is 0 Å². The van der Waals surface area contributed by atoms with Crippen molar-refractivity contribution < 1.29 is 28.6 Å². The van der Waals surface area contributed by atoms with Gasteiger partial charge in [0.05, 0.1) is 11.6 Å². The number of benzene rings is 3. The summed E-state index contributed by atoms with van der Waals surface area (Å²) in [4.78, 5) is 43.3. The van der Waals surface area contributed by atoms with E-state index in [1.807, 2.05) is 45.0 Å². The molecule has 2 aliphatic heterocycles. The molecule has 0 radical (unpaired) electrons. The lowest BCUT2D eigenvalue weighted by atomic mass is 9.79. The molecule has 3 aromatic rings. The number of likely N-dealkylation sites (tertiary alicyclic amines) is 1. The molecule has 3 amide bonds. The molecule has 0 aliphatic carbocycles. The molecule has 1 saturated heterocycles. The quantitative estimate of drug-likeness (QED) is 0.277. The number of nitrogens with one attached hydrogen (secondary N) is 1. The molecule has 9 heteroatoms. The molecule has 238 valence electrons. The van der Waals surface area contributed by atoms with E-state index in [2.05, 4.69) is 35.6 Å². The zero-order valence-corrected chi connectivity index (χ0v) is 26.6. The van der Waals surface area contributed by atoms with E-state index in [1.165, 1.54) is 0 Å². The number of anilines is 2. The number of carbonyl (C=O) groups is 3. The Morgan fingerprint density at radius 3 is 2.51 bits per heavy atom. The van der Waals surface area contributed by atoms with Crippen molar-refractivity contribution in [1.82, 2.24) is 4.90 Å². The normalized spacial score (nSPS) is 18.2. The lowest BCUT2D eigenvalue weighted by molar-refractivity contribution is -0.122. The number of piperidine rings is 1. The zero-order chi connectivity index (χ0) is 32.0. The van der Waals surface area contributed by atoms with Gasteiger partial charge in [-0.25, -0.2) is 4.79 Å². The van der Waals surface area contributed by atoms with Crippen LogP contribution in [0.5, 0.6) is 5.75 Å². The number of nitrogens with zero attached hydrogens (tertiary/aromatic N) is 2. The maximum Gasteiger partial charge on any atom is 0.410 e. The second kappa shape index (κ2) is 14.2. The lowest BCUT2D eigenvalue weighted by Crippen LogP contribution is -2.48. The summed E-state index contributed by atoms with van der Waals surface area (Å²) in [5.74, 6) is -0.373. The first-order chi connectivity index (χ1) is 21.6. The van der Waals surface area contributed by atoms with E-state index in [9.17, 15) is 14.4 Å². The predicted molar refractivity (Wildman–Crippen MR) is 175 cm³/mol. The van der Waals surface area contributed by atoms with Crippen molar-refractivity contribution in [3.63, 3.8) is 0 Å². The highest BCUT2D eigenvalue weighted by Crippen LogP contribution is 2.38. The number of amides is 3. The molecular formula is C36H43N3O6. The van der Waals surface area contributed by atoms with Crippen molar-refractivity contribution in [3.05, 3.63) is 78.4 Å². The molecule has 1 fully saturated rings. The lowest BCUT2D eigenvalue weighted by Gasteiger charge is -2.38. The van der Waals surface area contributed by atoms with Crippen molar-refractivity contribution in [2.24, 2.45) is 5.92 Å². The van der Waals surface area contributed by atoms with Crippen LogP contribution in [-0.2, 0) is 19.1 Å². The minimum Gasteiger partial charge on any atom is -0.482 e. The topological polar surface area (TPSA) is 97.4 Å². The van der Waals surface area contributed by atoms with E-state index < -0.39 is 17.6 Å². The van der Waals surface area contributed by atoms with Crippen molar-refractivity contribution in [3.8, 4) is 16.9 Å². The van der Waals surface area contributed by atoms with Crippen LogP contribution < -0.4 is 15.0 Å². The number of unbranched alkanes of at least 4 members (excludes halogenated alkanes) is 1. The first-order valence-electron chi connectivity index (χ1n) is 15.6. The standard InChI is InChI=1S/C36H43N3O6/c1-36(2,3)45-35(42)38-19-17-29(27-14-10-13-26(21-27)25-11-6-5-7-12-25)30(23-38)34(41)37-28-15-16-32-31(22-28)39(33(40)24-44-32)18-8-9-20-43-4/h5-7,10-16,21-22,29-30H,8-9,17-20,23-24H2,1-4H3,(H,37,41)/t29-,30?/m1/s1. The maximum atomic E-state index is 14.1. The van der Waals surface area contributed by atoms with Crippen molar-refractivity contribution in [2.75, 3.05) is 50.2 Å². The summed E-state index contributed by atoms with van der Waals surface area (Å²) in [5, 5.41) is 3.10. The van der Waals surface area contributed by atoms with Crippen molar-refractivity contribution in [2.45, 2.75) is 51.6 Å². The zero-order valence-electron chi connectivity index (χ0n) is 26.6. The van der Waals surface area contributed by atoms with Gasteiger partial charge in [-0.1, -0.05) is 54.6 Å². The van der Waals surface area contributed by atoms with Crippen LogP contribution in [0.25, 0.3) is 11.1 Å². The number of hydrogen-bond acceptors (Lipinski definition) is 6. The number of ether oxygens (including phenoxy) is 3. The molecule has 0 saturated carbocycles. The van der Waals surface area contributed by atoms with Gasteiger partial charge in [0.2, 0.25) is 5.91 Å². The van der Waals surface area contributed by atoms with E-state index >= 15 is 0 Å². The monoisotopic (exact) mass is 613 g/mol. The Labute approximate surface area is 265 Å². The van der Waals surface area contributed by atoms with E-state index in [-0.39, 0.29) is 30.9 Å². The minimum atomic E-state index is -0.645. The molecule has 45 heavy (non-hydrogen) atoms. The van der Waals surface area contributed by atoms with Gasteiger partial charge >= 0.3 is 6.09 Å². The molecule has 0 aromatic heterocycles. The Hall–Kier alpha value is -4.37. The number of hydrogen-bond donors (Lipinski definition) is 1. The first-order valence-corrected chi connectivity index (χ1v) is 15.6. The van der Waals surface area contributed by atoms with Crippen LogP contribution in [0, 0.1) is 5.92 Å². The highest BCUT2D eigenvalue weighted by Gasteiger charge is 2.38. The Morgan fingerprint density at radius 2 is 1.76 bits per heavy atom. The Kier molecular flexibility index (Phi) is 10.1. The number of carbonyl (C=O) groups excluding carboxylic acids is 3. The van der Waals surface area contributed by atoms with Crippen LogP contribution in [-0.4, -0.2) is 68.4 Å². The van der Waals surface area contributed by atoms with Crippen LogP contribution in [0.4, 0.5) is 16.2 Å². The van der Waals surface area contributed by atoms with Crippen LogP contribution in [0.15, 0.2) is 72.8 Å². The fourth-order valence-corrected chi connectivity index (χ4v) is 5.96. The van der Waals surface area contributed by atoms with Gasteiger partial charge < -0.3 is 29.3 Å². The predicted octanol–water partition coefficient (Wildman–Crippen LogP) is 6.48. The molecule has 5 rings (SSSR count). The molecule has 1 N–H and O–H groups in total. The fraction of sp³-hybridized carbons (Fsp3) is 0.417. The third-order valence-corrected chi connectivity index (χ3v) is 8.17. The molecule has 9 nitrogen and oxygen atoms in total. The second-order valence-corrected chi connectivity index (χ2v) is 12.6. The molecule has 2 heterocycles. The summed E-state index contributed by atoms with van der Waals surface area (Å²) in [7, 11) is 1.66. The van der Waals surface area contributed by atoms with Crippen molar-refractivity contribution >= 4 is 29.3 Å². The van der Waals surface area contributed by atoms with E-state index in [4.69, 9.17) is 14.2 Å². The van der Waals surface area contributed by atoms with Gasteiger partial charge in [0.15, 0.2) is 6.61 Å². The molecule has 3 aromatic carbocycles. The van der Waals surface area contributed by atoms with Crippen LogP contribution in [0.2, 0.25) is 0 Å². The highest BCUT2D eigenvalue weighted by atomic mass is 16.6. The minimum absolute atomic E-state index is 0.0186. The Morgan fingerprint density at radius 1 is 0.978 bits per heavy atom. The molecule has 0 bridgehead atoms. The largest absolute Gasteiger partial charge is 0.482 e. The molecule has 2 aliphatic rings. The highest BCUT2D eigenvalue weighted by molar-refractivity contribution is 6.00. The van der Waals surface area contributed by atoms with Crippen LogP contribution >= 0.6 is 0 Å². The van der Waals surface area contributed by atoms with Gasteiger partial charge in [0.1, 0.15) is 11.4 Å². The average Bonchev–Trinajstić information content (AvgIpc) is 3.03. The Bertz CT molecular complexity index is 1500. The van der Waals surface area contributed by atoms with Gasteiger partial charge in [-0.2, -0.15) is 0 Å². The summed E-state index contributed by atoms with van der Waals surface area (Å²) >= 11 is 0. The maximum absolute atomic E-state index is 14.1. The van der Waals surface area contributed by atoms with Crippen LogP contribution in [0.1, 0.15) is 51.5 Å². The van der Waals surface area contributed by atoms with E-state index in [0.29, 0.717) is 43.2 Å². The second-order valence-electron chi connectivity index (χ2n) is 12.6. The summed E-state index contributed by atoms with van der Waals surface area (Å²) in [5.41, 5.74) is 3.77. The summed E-state index contributed by atoms with van der Waals surface area (Å²) in [6, 6.07) is 23.8. The third kappa shape index (κ3) is 8.02. The molecule has 2 atom stereocenters. The third-order valence-electron chi connectivity index (χ3n) is 8.17. The number of methoxy groups -OCH3 is 1. The summed E-state index contributed by atoms with van der Waals surface area (Å²) in [6.45, 7) is 7.35. The van der Waals surface area contributed by atoms with Gasteiger partial charge in [0, 0.05) is 39.0 Å². The smallest absolute Gasteiger partial charge is 0.410 e. The number of fused-ring (bicyclic) bond motifs is 1. The number of rotatable bonds is 9. The van der Waals surface area contributed by atoms with E-state index in [1.54, 1.807) is 35.1 Å². The average molecular weight is 614 g/mol. The first kappa shape index (κ1) is 32.0.